The molecule has 2 rings (SSSR count). The molecule has 0 unspecified atom stereocenters. The van der Waals surface area contributed by atoms with Crippen LogP contribution in [-0.4, -0.2) is 7.05 Å². The monoisotopic (exact) mass is 275 g/mol. The van der Waals surface area contributed by atoms with Gasteiger partial charge in [-0.3, -0.25) is 0 Å². The number of hydrogen-bond donors (Lipinski definition) is 1. The van der Waals surface area contributed by atoms with Gasteiger partial charge >= 0.3 is 0 Å². The first-order valence-corrected chi connectivity index (χ1v) is 5.89. The number of halogens is 2. The molecular weight excluding hydrogens is 265 g/mol. The van der Waals surface area contributed by atoms with Crippen molar-refractivity contribution in [3.63, 3.8) is 0 Å². The number of nitrogens with two attached hydrogens (primary N) is 1. The molecule has 0 aliphatic heterocycles. The molecule has 0 bridgehead atoms. The van der Waals surface area contributed by atoms with Gasteiger partial charge in [0, 0.05) is 13.1 Å². The van der Waals surface area contributed by atoms with E-state index in [1.165, 1.54) is 12.1 Å². The lowest BCUT2D eigenvalue weighted by Crippen LogP contribution is -2.13. The molecule has 2 N–H and O–H groups in total. The third-order valence-electron chi connectivity index (χ3n) is 2.82. The molecule has 0 aliphatic rings. The summed E-state index contributed by atoms with van der Waals surface area (Å²) in [7, 11) is 1.72. The van der Waals surface area contributed by atoms with Crippen LogP contribution in [0.4, 0.5) is 21.5 Å². The summed E-state index contributed by atoms with van der Waals surface area (Å²) in [4.78, 5) is 1.66. The highest BCUT2D eigenvalue weighted by Gasteiger charge is 2.14. The van der Waals surface area contributed by atoms with E-state index in [2.05, 4.69) is 6.07 Å². The van der Waals surface area contributed by atoms with E-state index in [1.54, 1.807) is 36.2 Å². The third-order valence-corrected chi connectivity index (χ3v) is 3.11. The van der Waals surface area contributed by atoms with E-state index >= 15 is 0 Å². The van der Waals surface area contributed by atoms with Gasteiger partial charge in [-0.05, 0) is 18.2 Å². The fraction of sp³-hybridized carbons (Fsp3) is 0.0714. The number of rotatable bonds is 2. The minimum Gasteiger partial charge on any atom is -0.397 e. The number of benzene rings is 2. The molecule has 0 spiro atoms. The Bertz CT molecular complexity index is 664. The molecule has 3 nitrogen and oxygen atoms in total. The number of nitriles is 1. The van der Waals surface area contributed by atoms with Gasteiger partial charge in [0.2, 0.25) is 0 Å². The maximum absolute atomic E-state index is 13.5. The van der Waals surface area contributed by atoms with Crippen LogP contribution < -0.4 is 10.6 Å². The van der Waals surface area contributed by atoms with Crippen molar-refractivity contribution in [3.8, 4) is 6.07 Å². The molecule has 0 saturated carbocycles. The first-order chi connectivity index (χ1) is 9.04. The molecule has 0 aliphatic carbocycles. The van der Waals surface area contributed by atoms with Gasteiger partial charge in [-0.2, -0.15) is 5.26 Å². The number of nitrogens with zero attached hydrogens (tertiary/aromatic N) is 2. The van der Waals surface area contributed by atoms with Gasteiger partial charge in [-0.1, -0.05) is 23.7 Å². The fourth-order valence-electron chi connectivity index (χ4n) is 1.83. The van der Waals surface area contributed by atoms with Gasteiger partial charge in [0.05, 0.1) is 27.6 Å². The van der Waals surface area contributed by atoms with Crippen molar-refractivity contribution < 1.29 is 4.39 Å². The predicted molar refractivity (Wildman–Crippen MR) is 75.0 cm³/mol. The lowest BCUT2D eigenvalue weighted by atomic mass is 10.1. The van der Waals surface area contributed by atoms with Gasteiger partial charge < -0.3 is 10.6 Å². The van der Waals surface area contributed by atoms with Crippen molar-refractivity contribution in [1.82, 2.24) is 0 Å². The molecule has 2 aromatic rings. The predicted octanol–water partition coefficient (Wildman–Crippen LogP) is 3.70. The lowest BCUT2D eigenvalue weighted by molar-refractivity contribution is 0.628. The third kappa shape index (κ3) is 2.47. The molecule has 5 heteroatoms. The minimum absolute atomic E-state index is 0.0248. The summed E-state index contributed by atoms with van der Waals surface area (Å²) < 4.78 is 13.5. The molecule has 0 saturated heterocycles. The summed E-state index contributed by atoms with van der Waals surface area (Å²) in [6, 6.07) is 11.7. The van der Waals surface area contributed by atoms with Crippen LogP contribution in [0.2, 0.25) is 5.02 Å². The van der Waals surface area contributed by atoms with Crippen LogP contribution in [0.5, 0.6) is 0 Å². The standard InChI is InChI=1S/C14H11ClFN3/c1-19(13-5-3-2-4-9(13)8-17)14-7-11(16)10(15)6-12(14)18/h2-7H,18H2,1H3. The van der Waals surface area contributed by atoms with Crippen LogP contribution >= 0.6 is 11.6 Å². The maximum atomic E-state index is 13.5. The Morgan fingerprint density at radius 2 is 1.95 bits per heavy atom. The van der Waals surface area contributed by atoms with Crippen molar-refractivity contribution in [3.05, 3.63) is 52.8 Å². The van der Waals surface area contributed by atoms with Crippen LogP contribution in [0.15, 0.2) is 36.4 Å². The molecule has 0 heterocycles. The largest absolute Gasteiger partial charge is 0.397 e. The molecule has 0 aromatic heterocycles. The second-order valence-corrected chi connectivity index (χ2v) is 4.42. The Balaban J connectivity index is 2.54. The summed E-state index contributed by atoms with van der Waals surface area (Å²) >= 11 is 5.67. The summed E-state index contributed by atoms with van der Waals surface area (Å²) in [5.74, 6) is -0.549. The molecule has 2 aromatic carbocycles. The SMILES string of the molecule is CN(c1cc(F)c(Cl)cc1N)c1ccccc1C#N. The number of nitrogen functional groups attached to an aromatic ring is 1. The number of anilines is 3. The van der Waals surface area contributed by atoms with E-state index in [0.29, 0.717) is 22.6 Å². The topological polar surface area (TPSA) is 53.0 Å². The van der Waals surface area contributed by atoms with E-state index in [9.17, 15) is 4.39 Å². The summed E-state index contributed by atoms with van der Waals surface area (Å²) in [5, 5.41) is 9.05. The Morgan fingerprint density at radius 1 is 1.26 bits per heavy atom. The van der Waals surface area contributed by atoms with E-state index in [1.807, 2.05) is 0 Å². The van der Waals surface area contributed by atoms with Crippen molar-refractivity contribution >= 4 is 28.7 Å². The second-order valence-electron chi connectivity index (χ2n) is 4.01. The summed E-state index contributed by atoms with van der Waals surface area (Å²) in [6.07, 6.45) is 0. The molecule has 19 heavy (non-hydrogen) atoms. The van der Waals surface area contributed by atoms with Gasteiger partial charge in [0.25, 0.3) is 0 Å². The van der Waals surface area contributed by atoms with E-state index < -0.39 is 5.82 Å². The highest BCUT2D eigenvalue weighted by molar-refractivity contribution is 6.31. The van der Waals surface area contributed by atoms with Gasteiger partial charge in [0.15, 0.2) is 0 Å². The normalized spacial score (nSPS) is 10.0. The maximum Gasteiger partial charge on any atom is 0.144 e. The van der Waals surface area contributed by atoms with Crippen LogP contribution in [0.25, 0.3) is 0 Å². The minimum atomic E-state index is -0.549. The first kappa shape index (κ1) is 13.2. The Kier molecular flexibility index (Phi) is 3.59. The zero-order valence-electron chi connectivity index (χ0n) is 10.2. The van der Waals surface area contributed by atoms with E-state index in [0.717, 1.165) is 0 Å². The average Bonchev–Trinajstić information content (AvgIpc) is 2.42. The first-order valence-electron chi connectivity index (χ1n) is 5.52. The summed E-state index contributed by atoms with van der Waals surface area (Å²) in [6.45, 7) is 0. The highest BCUT2D eigenvalue weighted by Crippen LogP contribution is 2.34. The average molecular weight is 276 g/mol. The zero-order chi connectivity index (χ0) is 14.0. The van der Waals surface area contributed by atoms with Crippen LogP contribution in [0.1, 0.15) is 5.56 Å². The zero-order valence-corrected chi connectivity index (χ0v) is 10.9. The Hall–Kier alpha value is -2.25. The van der Waals surface area contributed by atoms with Gasteiger partial charge in [-0.15, -0.1) is 0 Å². The van der Waals surface area contributed by atoms with Crippen LogP contribution in [0.3, 0.4) is 0 Å². The molecule has 0 fully saturated rings. The van der Waals surface area contributed by atoms with Crippen LogP contribution in [0, 0.1) is 17.1 Å². The smallest absolute Gasteiger partial charge is 0.144 e. The van der Waals surface area contributed by atoms with Crippen molar-refractivity contribution in [2.75, 3.05) is 17.7 Å². The molecule has 96 valence electrons. The highest BCUT2D eigenvalue weighted by atomic mass is 35.5. The van der Waals surface area contributed by atoms with E-state index in [-0.39, 0.29) is 5.02 Å². The quantitative estimate of drug-likeness (QED) is 0.850. The second kappa shape index (κ2) is 5.17. The van der Waals surface area contributed by atoms with E-state index in [4.69, 9.17) is 22.6 Å². The Morgan fingerprint density at radius 3 is 2.63 bits per heavy atom. The summed E-state index contributed by atoms with van der Waals surface area (Å²) in [5.41, 5.74) is 7.79. The fourth-order valence-corrected chi connectivity index (χ4v) is 2.00. The van der Waals surface area contributed by atoms with Gasteiger partial charge in [-0.25, -0.2) is 4.39 Å². The van der Waals surface area contributed by atoms with Crippen molar-refractivity contribution in [2.45, 2.75) is 0 Å². The molecule has 0 radical (unpaired) electrons. The molecule has 0 amide bonds. The van der Waals surface area contributed by atoms with Crippen molar-refractivity contribution in [2.24, 2.45) is 0 Å². The molecule has 0 atom stereocenters. The lowest BCUT2D eigenvalue weighted by Gasteiger charge is -2.22. The Labute approximate surface area is 115 Å². The molecular formula is C14H11ClFN3. The number of hydrogen-bond acceptors (Lipinski definition) is 3. The van der Waals surface area contributed by atoms with Crippen LogP contribution in [-0.2, 0) is 0 Å². The number of para-hydroxylation sites is 1. The van der Waals surface area contributed by atoms with Crippen molar-refractivity contribution in [1.29, 1.82) is 5.26 Å². The van der Waals surface area contributed by atoms with Gasteiger partial charge in [0.1, 0.15) is 11.9 Å².